The molecule has 0 spiro atoms. The van der Waals surface area contributed by atoms with E-state index in [1.165, 1.54) is 15.3 Å². The molecule has 0 unspecified atom stereocenters. The van der Waals surface area contributed by atoms with Crippen LogP contribution in [0.2, 0.25) is 0 Å². The van der Waals surface area contributed by atoms with Gasteiger partial charge in [0.05, 0.1) is 12.7 Å². The van der Waals surface area contributed by atoms with E-state index in [1.807, 2.05) is 50.4 Å². The molecule has 0 radical (unpaired) electrons. The smallest absolute Gasteiger partial charge is 0.331 e. The van der Waals surface area contributed by atoms with Crippen LogP contribution in [-0.4, -0.2) is 32.1 Å². The first-order valence-corrected chi connectivity index (χ1v) is 8.94. The Morgan fingerprint density at radius 3 is 2.41 bits per heavy atom. The molecule has 0 atom stereocenters. The van der Waals surface area contributed by atoms with Crippen molar-refractivity contribution in [3.63, 3.8) is 0 Å². The van der Waals surface area contributed by atoms with Crippen LogP contribution < -0.4 is 5.69 Å². The van der Waals surface area contributed by atoms with Crippen LogP contribution in [0.25, 0.3) is 11.1 Å². The minimum Gasteiger partial charge on any atom is -0.493 e. The van der Waals surface area contributed by atoms with E-state index in [4.69, 9.17) is 0 Å². The van der Waals surface area contributed by atoms with Crippen molar-refractivity contribution in [3.05, 3.63) is 75.8 Å². The summed E-state index contributed by atoms with van der Waals surface area (Å²) >= 11 is 0. The van der Waals surface area contributed by atoms with E-state index >= 15 is 0 Å². The molecule has 6 nitrogen and oxygen atoms in total. The highest BCUT2D eigenvalue weighted by atomic mass is 16.3. The number of benzene rings is 2. The summed E-state index contributed by atoms with van der Waals surface area (Å²) < 4.78 is 2.84. The largest absolute Gasteiger partial charge is 0.493 e. The monoisotopic (exact) mass is 363 g/mol. The molecule has 1 aliphatic rings. The number of fused-ring (bicyclic) bond motifs is 1. The summed E-state index contributed by atoms with van der Waals surface area (Å²) in [6, 6.07) is 13.9. The molecule has 1 amide bonds. The van der Waals surface area contributed by atoms with E-state index < -0.39 is 0 Å². The van der Waals surface area contributed by atoms with Gasteiger partial charge in [0, 0.05) is 25.7 Å². The van der Waals surface area contributed by atoms with E-state index in [0.29, 0.717) is 19.6 Å². The van der Waals surface area contributed by atoms with Crippen LogP contribution in [0.15, 0.2) is 53.5 Å². The Kier molecular flexibility index (Phi) is 4.11. The summed E-state index contributed by atoms with van der Waals surface area (Å²) in [7, 11) is 1.81. The molecule has 27 heavy (non-hydrogen) atoms. The van der Waals surface area contributed by atoms with Gasteiger partial charge in [-0.1, -0.05) is 30.3 Å². The maximum absolute atomic E-state index is 12.2. The Morgan fingerprint density at radius 1 is 1.04 bits per heavy atom. The summed E-state index contributed by atoms with van der Waals surface area (Å²) in [5.41, 5.74) is 4.71. The standard InChI is InChI=1S/C21H21N3O3/c1-3-24-19(25)13-23(21(24)27)11-14-4-6-15(7-5-14)16-8-9-18-17(10-16)12-22(2)20(18)26/h4-10,13,25H,3,11-12H2,1-2H3. The van der Waals surface area contributed by atoms with Gasteiger partial charge in [0.15, 0.2) is 0 Å². The Balaban J connectivity index is 1.58. The molecule has 3 aromatic rings. The van der Waals surface area contributed by atoms with Crippen LogP contribution >= 0.6 is 0 Å². The lowest BCUT2D eigenvalue weighted by Crippen LogP contribution is -2.23. The zero-order valence-electron chi connectivity index (χ0n) is 15.3. The normalized spacial score (nSPS) is 13.3. The van der Waals surface area contributed by atoms with Crippen LogP contribution in [0.3, 0.4) is 0 Å². The van der Waals surface area contributed by atoms with Crippen molar-refractivity contribution in [3.8, 4) is 17.0 Å². The number of hydrogen-bond acceptors (Lipinski definition) is 3. The first-order chi connectivity index (χ1) is 13.0. The molecule has 0 saturated carbocycles. The van der Waals surface area contributed by atoms with Crippen molar-refractivity contribution in [2.45, 2.75) is 26.6 Å². The van der Waals surface area contributed by atoms with Crippen LogP contribution in [0.1, 0.15) is 28.4 Å². The SMILES string of the molecule is CCn1c(O)cn(Cc2ccc(-c3ccc4c(c3)CN(C)C4=O)cc2)c1=O. The van der Waals surface area contributed by atoms with E-state index in [2.05, 4.69) is 6.07 Å². The third kappa shape index (κ3) is 2.93. The first kappa shape index (κ1) is 17.1. The van der Waals surface area contributed by atoms with Crippen molar-refractivity contribution in [2.24, 2.45) is 0 Å². The molecule has 0 fully saturated rings. The van der Waals surface area contributed by atoms with E-state index in [0.717, 1.165) is 27.8 Å². The zero-order valence-corrected chi connectivity index (χ0v) is 15.3. The number of carbonyl (C=O) groups excluding carboxylic acids is 1. The highest BCUT2D eigenvalue weighted by Crippen LogP contribution is 2.28. The maximum Gasteiger partial charge on any atom is 0.331 e. The molecule has 1 aromatic heterocycles. The van der Waals surface area contributed by atoms with Gasteiger partial charge in [0.2, 0.25) is 5.88 Å². The van der Waals surface area contributed by atoms with Crippen LogP contribution in [-0.2, 0) is 19.6 Å². The lowest BCUT2D eigenvalue weighted by Gasteiger charge is -2.07. The minimum absolute atomic E-state index is 0.0169. The second-order valence-electron chi connectivity index (χ2n) is 6.87. The number of hydrogen-bond donors (Lipinski definition) is 1. The van der Waals surface area contributed by atoms with Gasteiger partial charge >= 0.3 is 5.69 Å². The summed E-state index contributed by atoms with van der Waals surface area (Å²) in [5.74, 6) is 0.0522. The van der Waals surface area contributed by atoms with Crippen LogP contribution in [0, 0.1) is 0 Å². The third-order valence-corrected chi connectivity index (χ3v) is 5.07. The second-order valence-corrected chi connectivity index (χ2v) is 6.87. The van der Waals surface area contributed by atoms with Gasteiger partial charge < -0.3 is 10.0 Å². The third-order valence-electron chi connectivity index (χ3n) is 5.07. The molecule has 1 N–H and O–H groups in total. The van der Waals surface area contributed by atoms with Crippen LogP contribution in [0.5, 0.6) is 5.88 Å². The van der Waals surface area contributed by atoms with Gasteiger partial charge in [0.25, 0.3) is 5.91 Å². The predicted octanol–water partition coefficient (Wildman–Crippen LogP) is 2.68. The van der Waals surface area contributed by atoms with E-state index in [9.17, 15) is 14.7 Å². The first-order valence-electron chi connectivity index (χ1n) is 8.94. The number of carbonyl (C=O) groups is 1. The predicted molar refractivity (Wildman–Crippen MR) is 103 cm³/mol. The molecule has 2 aromatic carbocycles. The summed E-state index contributed by atoms with van der Waals surface area (Å²) in [6.07, 6.45) is 1.47. The van der Waals surface area contributed by atoms with E-state index in [-0.39, 0.29) is 17.5 Å². The zero-order chi connectivity index (χ0) is 19.1. The molecular weight excluding hydrogens is 342 g/mol. The number of imidazole rings is 1. The number of nitrogens with zero attached hydrogens (tertiary/aromatic N) is 3. The fourth-order valence-electron chi connectivity index (χ4n) is 3.57. The molecule has 2 heterocycles. The second kappa shape index (κ2) is 6.46. The number of rotatable bonds is 4. The Labute approximate surface area is 156 Å². The highest BCUT2D eigenvalue weighted by Gasteiger charge is 2.24. The summed E-state index contributed by atoms with van der Waals surface area (Å²) in [6.45, 7) is 3.30. The molecule has 0 saturated heterocycles. The molecule has 6 heteroatoms. The van der Waals surface area contributed by atoms with Crippen LogP contribution in [0.4, 0.5) is 0 Å². The van der Waals surface area contributed by atoms with Crippen molar-refractivity contribution in [1.29, 1.82) is 0 Å². The molecule has 4 rings (SSSR count). The molecule has 1 aliphatic heterocycles. The number of aromatic hydroxyl groups is 1. The van der Waals surface area contributed by atoms with Crippen molar-refractivity contribution < 1.29 is 9.90 Å². The molecular formula is C21H21N3O3. The Hall–Kier alpha value is -3.28. The van der Waals surface area contributed by atoms with Crippen molar-refractivity contribution >= 4 is 5.91 Å². The average molecular weight is 363 g/mol. The highest BCUT2D eigenvalue weighted by molar-refractivity contribution is 5.98. The van der Waals surface area contributed by atoms with Gasteiger partial charge in [-0.3, -0.25) is 13.9 Å². The van der Waals surface area contributed by atoms with Gasteiger partial charge in [-0.2, -0.15) is 0 Å². The molecule has 0 bridgehead atoms. The lowest BCUT2D eigenvalue weighted by molar-refractivity contribution is 0.0816. The fourth-order valence-corrected chi connectivity index (χ4v) is 3.57. The molecule has 138 valence electrons. The summed E-state index contributed by atoms with van der Waals surface area (Å²) in [5, 5.41) is 9.81. The topological polar surface area (TPSA) is 67.5 Å². The average Bonchev–Trinajstić information content (AvgIpc) is 3.10. The number of aromatic nitrogens is 2. The minimum atomic E-state index is -0.216. The van der Waals surface area contributed by atoms with Gasteiger partial charge in [-0.15, -0.1) is 0 Å². The Morgan fingerprint density at radius 2 is 1.74 bits per heavy atom. The fraction of sp³-hybridized carbons (Fsp3) is 0.238. The summed E-state index contributed by atoms with van der Waals surface area (Å²) in [4.78, 5) is 25.9. The maximum atomic E-state index is 12.2. The van der Waals surface area contributed by atoms with Gasteiger partial charge in [-0.25, -0.2) is 4.79 Å². The lowest BCUT2D eigenvalue weighted by atomic mass is 9.99. The van der Waals surface area contributed by atoms with Gasteiger partial charge in [-0.05, 0) is 41.3 Å². The number of amides is 1. The van der Waals surface area contributed by atoms with Crippen molar-refractivity contribution in [2.75, 3.05) is 7.05 Å². The molecule has 0 aliphatic carbocycles. The Bertz CT molecular complexity index is 1080. The van der Waals surface area contributed by atoms with Gasteiger partial charge in [0.1, 0.15) is 0 Å². The van der Waals surface area contributed by atoms with Crippen molar-refractivity contribution in [1.82, 2.24) is 14.0 Å². The quantitative estimate of drug-likeness (QED) is 0.775. The van der Waals surface area contributed by atoms with E-state index in [1.54, 1.807) is 4.90 Å².